The minimum atomic E-state index is -0.133. The quantitative estimate of drug-likeness (QED) is 0.636. The third kappa shape index (κ3) is 1.35. The predicted molar refractivity (Wildman–Crippen MR) is 51.8 cm³/mol. The molecule has 0 saturated heterocycles. The van der Waals surface area contributed by atoms with Crippen molar-refractivity contribution in [2.24, 2.45) is 0 Å². The lowest BCUT2D eigenvalue weighted by atomic mass is 10.0. The van der Waals surface area contributed by atoms with Crippen molar-refractivity contribution < 1.29 is 0 Å². The van der Waals surface area contributed by atoms with Crippen LogP contribution in [-0.2, 0) is 6.32 Å². The zero-order valence-electron chi connectivity index (χ0n) is 6.95. The molecule has 62 valence electrons. The molecule has 0 aliphatic rings. The first-order chi connectivity index (χ1) is 6.31. The Morgan fingerprint density at radius 2 is 2.15 bits per heavy atom. The number of aromatic amines is 1. The van der Waals surface area contributed by atoms with E-state index in [1.807, 2.05) is 6.07 Å². The van der Waals surface area contributed by atoms with Crippen molar-refractivity contribution in [3.8, 4) is 0 Å². The van der Waals surface area contributed by atoms with Crippen LogP contribution in [0.5, 0.6) is 0 Å². The molecule has 2 radical (unpaired) electrons. The van der Waals surface area contributed by atoms with Crippen LogP contribution in [0.1, 0.15) is 5.82 Å². The Labute approximate surface area is 76.2 Å². The van der Waals surface area contributed by atoms with Gasteiger partial charge in [-0.05, 0) is 18.5 Å². The van der Waals surface area contributed by atoms with Gasteiger partial charge in [-0.3, -0.25) is 4.79 Å². The van der Waals surface area contributed by atoms with Gasteiger partial charge in [0.25, 0.3) is 5.56 Å². The molecule has 0 amide bonds. The number of rotatable bonds is 1. The van der Waals surface area contributed by atoms with E-state index in [4.69, 9.17) is 7.85 Å². The van der Waals surface area contributed by atoms with Crippen molar-refractivity contribution in [2.45, 2.75) is 6.32 Å². The van der Waals surface area contributed by atoms with Gasteiger partial charge in [0.15, 0.2) is 0 Å². The van der Waals surface area contributed by atoms with E-state index in [-0.39, 0.29) is 11.9 Å². The lowest BCUT2D eigenvalue weighted by Crippen LogP contribution is -2.11. The number of aromatic nitrogens is 2. The molecule has 1 aromatic carbocycles. The van der Waals surface area contributed by atoms with Crippen LogP contribution in [0.3, 0.4) is 0 Å². The van der Waals surface area contributed by atoms with E-state index >= 15 is 0 Å². The van der Waals surface area contributed by atoms with Crippen molar-refractivity contribution in [3.05, 3.63) is 40.4 Å². The summed E-state index contributed by atoms with van der Waals surface area (Å²) in [5.41, 5.74) is 0.553. The first-order valence-electron chi connectivity index (χ1n) is 3.99. The first kappa shape index (κ1) is 8.04. The normalized spacial score (nSPS) is 10.5. The molecule has 0 spiro atoms. The van der Waals surface area contributed by atoms with Crippen LogP contribution in [0, 0.1) is 0 Å². The summed E-state index contributed by atoms with van der Waals surface area (Å²) in [6, 6.07) is 7.18. The van der Waals surface area contributed by atoms with Gasteiger partial charge < -0.3 is 4.98 Å². The van der Waals surface area contributed by atoms with E-state index in [0.717, 1.165) is 0 Å². The third-order valence-electron chi connectivity index (χ3n) is 1.86. The average Bonchev–Trinajstić information content (AvgIpc) is 2.18. The van der Waals surface area contributed by atoms with Gasteiger partial charge in [-0.25, -0.2) is 4.98 Å². The van der Waals surface area contributed by atoms with Gasteiger partial charge in [0.2, 0.25) is 0 Å². The molecular weight excluding hydrogens is 163 g/mol. The van der Waals surface area contributed by atoms with Crippen molar-refractivity contribution in [1.82, 2.24) is 9.97 Å². The summed E-state index contributed by atoms with van der Waals surface area (Å²) in [6.07, 6.45) is 0.250. The summed E-state index contributed by atoms with van der Waals surface area (Å²) < 4.78 is 0. The number of hydrogen-bond donors (Lipinski definition) is 1. The van der Waals surface area contributed by atoms with Crippen molar-refractivity contribution in [1.29, 1.82) is 0 Å². The van der Waals surface area contributed by atoms with Crippen molar-refractivity contribution >= 4 is 18.7 Å². The average molecular weight is 170 g/mol. The number of fused-ring (bicyclic) bond motifs is 1. The SMILES string of the molecule is [B]Cc1nc2ccccc2c(=O)[nH]1. The molecule has 0 bridgehead atoms. The Bertz CT molecular complexity index is 492. The van der Waals surface area contributed by atoms with Gasteiger partial charge in [-0.2, -0.15) is 0 Å². The standard InChI is InChI=1S/C9H7BN2O/c10-5-8-11-7-4-2-1-3-6(7)9(13)12-8/h1-4H,5H2,(H,11,12,13). The van der Waals surface area contributed by atoms with E-state index < -0.39 is 0 Å². The lowest BCUT2D eigenvalue weighted by Gasteiger charge is -1.98. The maximum Gasteiger partial charge on any atom is 0.258 e. The zero-order chi connectivity index (χ0) is 9.26. The molecule has 0 unspecified atom stereocenters. The minimum absolute atomic E-state index is 0.133. The molecule has 1 N–H and O–H groups in total. The predicted octanol–water partition coefficient (Wildman–Crippen LogP) is 0.592. The second-order valence-corrected chi connectivity index (χ2v) is 2.73. The molecule has 3 nitrogen and oxygen atoms in total. The van der Waals surface area contributed by atoms with Crippen LogP contribution in [0.2, 0.25) is 0 Å². The molecule has 0 aliphatic heterocycles. The van der Waals surface area contributed by atoms with E-state index in [1.54, 1.807) is 18.2 Å². The highest BCUT2D eigenvalue weighted by Crippen LogP contribution is 2.04. The zero-order valence-corrected chi connectivity index (χ0v) is 6.95. The second-order valence-electron chi connectivity index (χ2n) is 2.73. The van der Waals surface area contributed by atoms with E-state index in [1.165, 1.54) is 0 Å². The molecule has 2 aromatic rings. The summed E-state index contributed by atoms with van der Waals surface area (Å²) in [6.45, 7) is 0. The highest BCUT2D eigenvalue weighted by atomic mass is 16.1. The van der Waals surface area contributed by atoms with Crippen molar-refractivity contribution in [2.75, 3.05) is 0 Å². The largest absolute Gasteiger partial charge is 0.311 e. The Balaban J connectivity index is 2.85. The monoisotopic (exact) mass is 170 g/mol. The van der Waals surface area contributed by atoms with Crippen LogP contribution in [0.4, 0.5) is 0 Å². The molecule has 1 heterocycles. The Kier molecular flexibility index (Phi) is 1.89. The fourth-order valence-electron chi connectivity index (χ4n) is 1.23. The summed E-state index contributed by atoms with van der Waals surface area (Å²) in [7, 11) is 5.38. The molecule has 4 heteroatoms. The molecular formula is C9H7BN2O. The van der Waals surface area contributed by atoms with Crippen LogP contribution in [0.25, 0.3) is 10.9 Å². The maximum atomic E-state index is 11.4. The maximum absolute atomic E-state index is 11.4. The third-order valence-corrected chi connectivity index (χ3v) is 1.86. The molecule has 0 fully saturated rings. The van der Waals surface area contributed by atoms with Gasteiger partial charge >= 0.3 is 0 Å². The number of nitrogens with one attached hydrogen (secondary N) is 1. The van der Waals surface area contributed by atoms with E-state index in [2.05, 4.69) is 9.97 Å². The lowest BCUT2D eigenvalue weighted by molar-refractivity contribution is 1.03. The van der Waals surface area contributed by atoms with Crippen LogP contribution in [0.15, 0.2) is 29.1 Å². The molecule has 13 heavy (non-hydrogen) atoms. The Morgan fingerprint density at radius 3 is 2.92 bits per heavy atom. The molecule has 0 atom stereocenters. The molecule has 1 aromatic heterocycles. The van der Waals surface area contributed by atoms with E-state index in [0.29, 0.717) is 16.7 Å². The minimum Gasteiger partial charge on any atom is -0.311 e. The first-order valence-corrected chi connectivity index (χ1v) is 3.99. The highest BCUT2D eigenvalue weighted by molar-refractivity contribution is 6.08. The van der Waals surface area contributed by atoms with Crippen LogP contribution in [-0.4, -0.2) is 17.8 Å². The molecule has 0 aliphatic carbocycles. The van der Waals surface area contributed by atoms with Crippen LogP contribution >= 0.6 is 0 Å². The second kappa shape index (κ2) is 3.05. The summed E-state index contributed by atoms with van der Waals surface area (Å²) >= 11 is 0. The molecule has 2 rings (SSSR count). The fourth-order valence-corrected chi connectivity index (χ4v) is 1.23. The van der Waals surface area contributed by atoms with Gasteiger partial charge in [0.05, 0.1) is 18.7 Å². The number of H-pyrrole nitrogens is 1. The van der Waals surface area contributed by atoms with Crippen molar-refractivity contribution in [3.63, 3.8) is 0 Å². The summed E-state index contributed by atoms with van der Waals surface area (Å²) in [4.78, 5) is 18.2. The number of para-hydroxylation sites is 1. The fraction of sp³-hybridized carbons (Fsp3) is 0.111. The van der Waals surface area contributed by atoms with Gasteiger partial charge in [0, 0.05) is 0 Å². The number of nitrogens with zero attached hydrogens (tertiary/aromatic N) is 1. The van der Waals surface area contributed by atoms with Gasteiger partial charge in [0.1, 0.15) is 5.82 Å². The summed E-state index contributed by atoms with van der Waals surface area (Å²) in [5, 5.41) is 0.597. The van der Waals surface area contributed by atoms with Gasteiger partial charge in [-0.1, -0.05) is 12.1 Å². The Morgan fingerprint density at radius 1 is 1.38 bits per heavy atom. The number of hydrogen-bond acceptors (Lipinski definition) is 2. The highest BCUT2D eigenvalue weighted by Gasteiger charge is 1.99. The van der Waals surface area contributed by atoms with Crippen LogP contribution < -0.4 is 5.56 Å². The topological polar surface area (TPSA) is 45.8 Å². The Hall–Kier alpha value is -1.58. The van der Waals surface area contributed by atoms with E-state index in [9.17, 15) is 4.79 Å². The summed E-state index contributed by atoms with van der Waals surface area (Å²) in [5.74, 6) is 0.517. The van der Waals surface area contributed by atoms with Gasteiger partial charge in [-0.15, -0.1) is 0 Å². The smallest absolute Gasteiger partial charge is 0.258 e. The molecule has 0 saturated carbocycles. The number of benzene rings is 1.